The zero-order valence-corrected chi connectivity index (χ0v) is 17.2. The summed E-state index contributed by atoms with van der Waals surface area (Å²) in [7, 11) is -3.86. The molecule has 148 valence electrons. The summed E-state index contributed by atoms with van der Waals surface area (Å²) in [5, 5.41) is 0. The molecule has 3 rings (SSSR count). The second kappa shape index (κ2) is 8.55. The smallest absolute Gasteiger partial charge is 0.241 e. The molecule has 0 bridgehead atoms. The second-order valence-electron chi connectivity index (χ2n) is 7.00. The van der Waals surface area contributed by atoms with E-state index in [2.05, 4.69) is 11.3 Å². The third kappa shape index (κ3) is 4.88. The van der Waals surface area contributed by atoms with Crippen molar-refractivity contribution in [1.29, 1.82) is 0 Å². The van der Waals surface area contributed by atoms with Gasteiger partial charge in [-0.3, -0.25) is 4.79 Å². The molecule has 1 atom stereocenters. The fourth-order valence-electron chi connectivity index (χ4n) is 3.04. The molecule has 0 heterocycles. The molecular weight excluding hydrogens is 382 g/mol. The zero-order valence-electron chi connectivity index (χ0n) is 16.4. The highest BCUT2D eigenvalue weighted by Gasteiger charge is 2.27. The van der Waals surface area contributed by atoms with Crippen LogP contribution in [0.3, 0.4) is 0 Å². The predicted molar refractivity (Wildman–Crippen MR) is 115 cm³/mol. The lowest BCUT2D eigenvalue weighted by Gasteiger charge is -2.21. The summed E-state index contributed by atoms with van der Waals surface area (Å²) in [6, 6.07) is 21.8. The lowest BCUT2D eigenvalue weighted by Crippen LogP contribution is -2.32. The zero-order chi connectivity index (χ0) is 21.0. The van der Waals surface area contributed by atoms with Crippen LogP contribution in [0.5, 0.6) is 0 Å². The Morgan fingerprint density at radius 1 is 0.862 bits per heavy atom. The van der Waals surface area contributed by atoms with Crippen molar-refractivity contribution in [3.05, 3.63) is 113 Å². The monoisotopic (exact) mass is 405 g/mol. The average molecular weight is 406 g/mol. The molecule has 0 aliphatic heterocycles. The van der Waals surface area contributed by atoms with Gasteiger partial charge in [0, 0.05) is 11.1 Å². The number of hydrogen-bond acceptors (Lipinski definition) is 3. The van der Waals surface area contributed by atoms with Gasteiger partial charge in [-0.25, -0.2) is 8.42 Å². The van der Waals surface area contributed by atoms with Crippen LogP contribution in [0.2, 0.25) is 0 Å². The minimum atomic E-state index is -3.86. The molecule has 1 unspecified atom stereocenters. The number of rotatable bonds is 7. The first kappa shape index (κ1) is 20.7. The van der Waals surface area contributed by atoms with E-state index in [0.717, 1.165) is 11.1 Å². The third-order valence-corrected chi connectivity index (χ3v) is 6.09. The fraction of sp³-hybridized carbons (Fsp3) is 0.125. The number of carbonyl (C=O) groups excluding carboxylic acids is 1. The Bertz CT molecular complexity index is 1130. The molecule has 0 fully saturated rings. The van der Waals surface area contributed by atoms with Crippen LogP contribution in [0.25, 0.3) is 0 Å². The van der Waals surface area contributed by atoms with Gasteiger partial charge in [0.2, 0.25) is 10.0 Å². The molecule has 4 nitrogen and oxygen atoms in total. The van der Waals surface area contributed by atoms with Crippen molar-refractivity contribution in [3.63, 3.8) is 0 Å². The van der Waals surface area contributed by atoms with Crippen LogP contribution in [0.15, 0.2) is 95.9 Å². The molecule has 29 heavy (non-hydrogen) atoms. The molecule has 0 radical (unpaired) electrons. The Morgan fingerprint density at radius 3 is 2.14 bits per heavy atom. The predicted octanol–water partition coefficient (Wildman–Crippen LogP) is 4.76. The summed E-state index contributed by atoms with van der Waals surface area (Å²) < 4.78 is 28.7. The van der Waals surface area contributed by atoms with Crippen LogP contribution in [-0.4, -0.2) is 14.2 Å². The summed E-state index contributed by atoms with van der Waals surface area (Å²) in [6.07, 6.45) is 0. The Kier molecular flexibility index (Phi) is 6.11. The van der Waals surface area contributed by atoms with Crippen LogP contribution in [-0.2, 0) is 10.0 Å². The summed E-state index contributed by atoms with van der Waals surface area (Å²) >= 11 is 0. The normalized spacial score (nSPS) is 12.3. The number of nitrogens with one attached hydrogen (secondary N) is 1. The summed E-state index contributed by atoms with van der Waals surface area (Å²) in [5.41, 5.74) is 3.21. The summed E-state index contributed by atoms with van der Waals surface area (Å²) in [4.78, 5) is 13.1. The van der Waals surface area contributed by atoms with Crippen molar-refractivity contribution >= 4 is 15.8 Å². The van der Waals surface area contributed by atoms with E-state index in [1.54, 1.807) is 54.6 Å². The molecule has 0 spiro atoms. The van der Waals surface area contributed by atoms with E-state index in [1.807, 2.05) is 38.1 Å². The number of benzene rings is 3. The SMILES string of the molecule is C=C(C(=O)c1ccccc1)C(NS(=O)(=O)c1ccc(C)cc1)c1cccc(C)c1. The first-order valence-electron chi connectivity index (χ1n) is 9.22. The van der Waals surface area contributed by atoms with Crippen molar-refractivity contribution in [2.45, 2.75) is 24.8 Å². The Balaban J connectivity index is 2.00. The maximum Gasteiger partial charge on any atom is 0.241 e. The third-order valence-electron chi connectivity index (χ3n) is 4.66. The van der Waals surface area contributed by atoms with Gasteiger partial charge in [-0.2, -0.15) is 4.72 Å². The fourth-order valence-corrected chi connectivity index (χ4v) is 4.26. The van der Waals surface area contributed by atoms with Crippen molar-refractivity contribution in [2.24, 2.45) is 0 Å². The molecule has 5 heteroatoms. The van der Waals surface area contributed by atoms with Gasteiger partial charge in [0.1, 0.15) is 0 Å². The average Bonchev–Trinajstić information content (AvgIpc) is 2.72. The minimum Gasteiger partial charge on any atom is -0.289 e. The number of aryl methyl sites for hydroxylation is 2. The van der Waals surface area contributed by atoms with E-state index < -0.39 is 16.1 Å². The minimum absolute atomic E-state index is 0.140. The molecule has 0 amide bonds. The molecule has 3 aromatic rings. The van der Waals surface area contributed by atoms with Crippen molar-refractivity contribution < 1.29 is 13.2 Å². The number of Topliss-reactive ketones (excluding diaryl/α,β-unsaturated/α-hetero) is 1. The maximum atomic E-state index is 13.0. The number of ketones is 1. The van der Waals surface area contributed by atoms with Gasteiger partial charge < -0.3 is 0 Å². The van der Waals surface area contributed by atoms with Crippen molar-refractivity contribution in [2.75, 3.05) is 0 Å². The molecule has 0 aliphatic rings. The van der Waals surface area contributed by atoms with Crippen LogP contribution < -0.4 is 4.72 Å². The number of carbonyl (C=O) groups is 1. The highest BCUT2D eigenvalue weighted by Crippen LogP contribution is 2.27. The van der Waals surface area contributed by atoms with Crippen LogP contribution in [0.1, 0.15) is 33.1 Å². The molecule has 0 aromatic heterocycles. The first-order valence-corrected chi connectivity index (χ1v) is 10.7. The molecule has 1 N–H and O–H groups in total. The Labute approximate surface area is 172 Å². The maximum absolute atomic E-state index is 13.0. The van der Waals surface area contributed by atoms with Gasteiger partial charge in [0.25, 0.3) is 0 Å². The molecular formula is C24H23NO3S. The van der Waals surface area contributed by atoms with Crippen LogP contribution in [0.4, 0.5) is 0 Å². The van der Waals surface area contributed by atoms with E-state index in [0.29, 0.717) is 11.1 Å². The van der Waals surface area contributed by atoms with Gasteiger partial charge in [0.05, 0.1) is 10.9 Å². The largest absolute Gasteiger partial charge is 0.289 e. The lowest BCUT2D eigenvalue weighted by atomic mass is 9.93. The quantitative estimate of drug-likeness (QED) is 0.455. The highest BCUT2D eigenvalue weighted by atomic mass is 32.2. The van der Waals surface area contributed by atoms with Gasteiger partial charge in [-0.1, -0.05) is 84.4 Å². The van der Waals surface area contributed by atoms with Crippen LogP contribution in [0, 0.1) is 13.8 Å². The van der Waals surface area contributed by atoms with E-state index in [4.69, 9.17) is 0 Å². The first-order chi connectivity index (χ1) is 13.8. The van der Waals surface area contributed by atoms with Gasteiger partial charge in [-0.05, 0) is 31.5 Å². The lowest BCUT2D eigenvalue weighted by molar-refractivity contribution is 0.102. The van der Waals surface area contributed by atoms with Crippen LogP contribution >= 0.6 is 0 Å². The Hall–Kier alpha value is -3.02. The summed E-state index contributed by atoms with van der Waals surface area (Å²) in [6.45, 7) is 7.75. The van der Waals surface area contributed by atoms with E-state index in [9.17, 15) is 13.2 Å². The molecule has 0 aliphatic carbocycles. The van der Waals surface area contributed by atoms with Crippen molar-refractivity contribution in [1.82, 2.24) is 4.72 Å². The van der Waals surface area contributed by atoms with E-state index >= 15 is 0 Å². The second-order valence-corrected chi connectivity index (χ2v) is 8.72. The van der Waals surface area contributed by atoms with Crippen molar-refractivity contribution in [3.8, 4) is 0 Å². The molecule has 3 aromatic carbocycles. The number of hydrogen-bond donors (Lipinski definition) is 1. The van der Waals surface area contributed by atoms with E-state index in [-0.39, 0.29) is 16.3 Å². The molecule has 0 saturated heterocycles. The standard InChI is InChI=1S/C24H23NO3S/c1-17-12-14-22(15-13-17)29(27,28)25-23(21-11-7-8-18(2)16-21)19(3)24(26)20-9-5-4-6-10-20/h4-16,23,25H,3H2,1-2H3. The topological polar surface area (TPSA) is 63.2 Å². The van der Waals surface area contributed by atoms with Gasteiger partial charge in [0.15, 0.2) is 5.78 Å². The molecule has 0 saturated carbocycles. The number of sulfonamides is 1. The summed E-state index contributed by atoms with van der Waals surface area (Å²) in [5.74, 6) is -0.302. The Morgan fingerprint density at radius 2 is 1.52 bits per heavy atom. The highest BCUT2D eigenvalue weighted by molar-refractivity contribution is 7.89. The van der Waals surface area contributed by atoms with Gasteiger partial charge >= 0.3 is 0 Å². The van der Waals surface area contributed by atoms with E-state index in [1.165, 1.54) is 0 Å². The van der Waals surface area contributed by atoms with Gasteiger partial charge in [-0.15, -0.1) is 0 Å².